The highest BCUT2D eigenvalue weighted by Crippen LogP contribution is 2.27. The van der Waals surface area contributed by atoms with Gasteiger partial charge in [-0.05, 0) is 35.0 Å². The minimum Gasteiger partial charge on any atom is -0.348 e. The van der Waals surface area contributed by atoms with E-state index in [2.05, 4.69) is 22.0 Å². The summed E-state index contributed by atoms with van der Waals surface area (Å²) in [5.74, 6) is 1.08. The van der Waals surface area contributed by atoms with E-state index in [0.29, 0.717) is 0 Å². The second-order valence-corrected chi connectivity index (χ2v) is 7.27. The van der Waals surface area contributed by atoms with Crippen LogP contribution in [0.4, 0.5) is 0 Å². The predicted molar refractivity (Wildman–Crippen MR) is 71.5 cm³/mol. The Morgan fingerprint density at radius 2 is 2.27 bits per heavy atom. The summed E-state index contributed by atoms with van der Waals surface area (Å²) in [6, 6.07) is 4.13. The van der Waals surface area contributed by atoms with Gasteiger partial charge >= 0.3 is 0 Å². The molecular formula is C10H14BrNOS2. The van der Waals surface area contributed by atoms with E-state index in [9.17, 15) is 4.79 Å². The van der Waals surface area contributed by atoms with Crippen LogP contribution in [0.25, 0.3) is 0 Å². The smallest absolute Gasteiger partial charge is 0.234 e. The van der Waals surface area contributed by atoms with E-state index < -0.39 is 0 Å². The summed E-state index contributed by atoms with van der Waals surface area (Å²) in [5, 5.41) is 0.0286. The highest BCUT2D eigenvalue weighted by atomic mass is 79.9. The first-order chi connectivity index (χ1) is 7.00. The van der Waals surface area contributed by atoms with Crippen molar-refractivity contribution in [1.29, 1.82) is 0 Å². The van der Waals surface area contributed by atoms with E-state index in [-0.39, 0.29) is 11.2 Å². The normalized spacial score (nSPS) is 12.5. The van der Waals surface area contributed by atoms with Gasteiger partial charge < -0.3 is 4.90 Å². The first-order valence-corrected chi connectivity index (χ1v) is 7.23. The van der Waals surface area contributed by atoms with E-state index in [4.69, 9.17) is 0 Å². The average molecular weight is 308 g/mol. The number of hydrogen-bond donors (Lipinski definition) is 0. The molecule has 0 bridgehead atoms. The van der Waals surface area contributed by atoms with Crippen LogP contribution in [0.15, 0.2) is 15.9 Å². The molecule has 1 unspecified atom stereocenters. The summed E-state index contributed by atoms with van der Waals surface area (Å²) in [5.41, 5.74) is 0. The largest absolute Gasteiger partial charge is 0.348 e. The number of hydrogen-bond acceptors (Lipinski definition) is 3. The minimum atomic E-state index is 0.0286. The van der Waals surface area contributed by atoms with Crippen molar-refractivity contribution in [3.05, 3.63) is 20.8 Å². The van der Waals surface area contributed by atoms with Gasteiger partial charge in [-0.3, -0.25) is 4.79 Å². The van der Waals surface area contributed by atoms with Crippen molar-refractivity contribution in [2.24, 2.45) is 0 Å². The molecule has 0 N–H and O–H groups in total. The molecule has 0 radical (unpaired) electrons. The van der Waals surface area contributed by atoms with Crippen molar-refractivity contribution in [3.8, 4) is 0 Å². The Bertz CT molecular complexity index is 338. The van der Waals surface area contributed by atoms with Crippen molar-refractivity contribution in [2.45, 2.75) is 17.9 Å². The van der Waals surface area contributed by atoms with Gasteiger partial charge in [0.2, 0.25) is 5.91 Å². The summed E-state index contributed by atoms with van der Waals surface area (Å²) in [4.78, 5) is 14.5. The van der Waals surface area contributed by atoms with Crippen LogP contribution in [0.3, 0.4) is 0 Å². The monoisotopic (exact) mass is 307 g/mol. The van der Waals surface area contributed by atoms with Crippen molar-refractivity contribution >= 4 is 44.9 Å². The van der Waals surface area contributed by atoms with Gasteiger partial charge in [-0.25, -0.2) is 0 Å². The highest BCUT2D eigenvalue weighted by molar-refractivity contribution is 9.11. The first-order valence-electron chi connectivity index (χ1n) is 4.57. The summed E-state index contributed by atoms with van der Waals surface area (Å²) < 4.78 is 1.14. The molecule has 5 heteroatoms. The molecule has 15 heavy (non-hydrogen) atoms. The van der Waals surface area contributed by atoms with E-state index in [0.717, 1.165) is 9.54 Å². The van der Waals surface area contributed by atoms with Crippen LogP contribution in [0.2, 0.25) is 0 Å². The summed E-state index contributed by atoms with van der Waals surface area (Å²) in [6.07, 6.45) is 0. The average Bonchev–Trinajstić information content (AvgIpc) is 2.59. The molecule has 1 rings (SSSR count). The molecule has 0 aliphatic heterocycles. The second kappa shape index (κ2) is 5.92. The zero-order valence-corrected chi connectivity index (χ0v) is 12.2. The van der Waals surface area contributed by atoms with E-state index in [1.165, 1.54) is 4.88 Å². The number of amides is 1. The summed E-state index contributed by atoms with van der Waals surface area (Å²) >= 11 is 6.82. The number of thiophene rings is 1. The Morgan fingerprint density at radius 1 is 1.60 bits per heavy atom. The van der Waals surface area contributed by atoms with Gasteiger partial charge in [0.05, 0.1) is 9.04 Å². The molecular weight excluding hydrogens is 294 g/mol. The number of rotatable bonds is 4. The summed E-state index contributed by atoms with van der Waals surface area (Å²) in [7, 11) is 3.59. The molecule has 84 valence electrons. The van der Waals surface area contributed by atoms with Gasteiger partial charge in [-0.1, -0.05) is 0 Å². The van der Waals surface area contributed by atoms with Gasteiger partial charge in [0.25, 0.3) is 0 Å². The Kier molecular flexibility index (Phi) is 5.15. The molecule has 0 aliphatic carbocycles. The van der Waals surface area contributed by atoms with Gasteiger partial charge in [0.15, 0.2) is 0 Å². The predicted octanol–water partition coefficient (Wildman–Crippen LogP) is 3.22. The first kappa shape index (κ1) is 13.1. The fraction of sp³-hybridized carbons (Fsp3) is 0.500. The Balaban J connectivity index is 2.40. The van der Waals surface area contributed by atoms with Crippen molar-refractivity contribution < 1.29 is 4.79 Å². The quantitative estimate of drug-likeness (QED) is 0.851. The third kappa shape index (κ3) is 4.17. The van der Waals surface area contributed by atoms with Crippen LogP contribution in [0, 0.1) is 0 Å². The third-order valence-corrected chi connectivity index (χ3v) is 4.88. The summed E-state index contributed by atoms with van der Waals surface area (Å²) in [6.45, 7) is 1.95. The van der Waals surface area contributed by atoms with E-state index in [1.807, 2.05) is 13.0 Å². The van der Waals surface area contributed by atoms with Crippen LogP contribution in [-0.2, 0) is 10.5 Å². The minimum absolute atomic E-state index is 0.0286. The molecule has 1 aromatic heterocycles. The molecule has 1 amide bonds. The lowest BCUT2D eigenvalue weighted by Crippen LogP contribution is -2.29. The van der Waals surface area contributed by atoms with Gasteiger partial charge in [0, 0.05) is 24.7 Å². The van der Waals surface area contributed by atoms with E-state index in [1.54, 1.807) is 42.1 Å². The van der Waals surface area contributed by atoms with Crippen LogP contribution >= 0.6 is 39.0 Å². The number of halogens is 1. The van der Waals surface area contributed by atoms with Crippen molar-refractivity contribution in [2.75, 3.05) is 14.1 Å². The maximum atomic E-state index is 11.6. The Morgan fingerprint density at radius 3 is 2.73 bits per heavy atom. The van der Waals surface area contributed by atoms with Crippen LogP contribution < -0.4 is 0 Å². The zero-order valence-electron chi connectivity index (χ0n) is 8.99. The van der Waals surface area contributed by atoms with Gasteiger partial charge in [-0.15, -0.1) is 23.1 Å². The molecule has 1 aromatic rings. The van der Waals surface area contributed by atoms with Crippen LogP contribution in [0.5, 0.6) is 0 Å². The topological polar surface area (TPSA) is 20.3 Å². The number of carbonyl (C=O) groups excluding carboxylic acids is 1. The van der Waals surface area contributed by atoms with Gasteiger partial charge in [-0.2, -0.15) is 0 Å². The van der Waals surface area contributed by atoms with Crippen LogP contribution in [-0.4, -0.2) is 30.2 Å². The number of thioether (sulfide) groups is 1. The maximum absolute atomic E-state index is 11.6. The van der Waals surface area contributed by atoms with Crippen molar-refractivity contribution in [3.63, 3.8) is 0 Å². The highest BCUT2D eigenvalue weighted by Gasteiger charge is 2.15. The van der Waals surface area contributed by atoms with E-state index >= 15 is 0 Å². The molecule has 1 atom stereocenters. The lowest BCUT2D eigenvalue weighted by atomic mass is 10.4. The molecule has 0 saturated heterocycles. The molecule has 0 spiro atoms. The molecule has 1 heterocycles. The standard InChI is InChI=1S/C10H14BrNOS2/c1-7(10(13)12(2)3)14-6-8-4-5-9(11)15-8/h4-5,7H,6H2,1-3H3. The maximum Gasteiger partial charge on any atom is 0.234 e. The molecule has 2 nitrogen and oxygen atoms in total. The number of carbonyl (C=O) groups is 1. The molecule has 0 fully saturated rings. The molecule has 0 aliphatic rings. The second-order valence-electron chi connectivity index (χ2n) is 3.39. The fourth-order valence-corrected chi connectivity index (χ4v) is 3.65. The molecule has 0 aromatic carbocycles. The SMILES string of the molecule is CC(SCc1ccc(Br)s1)C(=O)N(C)C. The lowest BCUT2D eigenvalue weighted by Gasteiger charge is -2.15. The lowest BCUT2D eigenvalue weighted by molar-refractivity contribution is -0.127. The van der Waals surface area contributed by atoms with Gasteiger partial charge in [0.1, 0.15) is 0 Å². The Hall–Kier alpha value is -0.000000000000000111. The van der Waals surface area contributed by atoms with Crippen molar-refractivity contribution in [1.82, 2.24) is 4.90 Å². The Labute approximate surface area is 107 Å². The molecule has 0 saturated carbocycles. The number of nitrogens with zero attached hydrogens (tertiary/aromatic N) is 1. The zero-order chi connectivity index (χ0) is 11.4. The van der Waals surface area contributed by atoms with Crippen LogP contribution in [0.1, 0.15) is 11.8 Å². The third-order valence-electron chi connectivity index (χ3n) is 1.89. The fourth-order valence-electron chi connectivity index (χ4n) is 1.07.